The number of hydrogen-bond donors (Lipinski definition) is 2. The van der Waals surface area contributed by atoms with Crippen LogP contribution in [0.3, 0.4) is 0 Å². The molecule has 0 saturated heterocycles. The molecule has 0 saturated carbocycles. The monoisotopic (exact) mass is 262 g/mol. The maximum absolute atomic E-state index is 10.8. The number of nitrogens with two attached hydrogens (primary N) is 2. The summed E-state index contributed by atoms with van der Waals surface area (Å²) in [6, 6.07) is 4.92. The summed E-state index contributed by atoms with van der Waals surface area (Å²) in [4.78, 5) is 10.2. The number of halogens is 2. The van der Waals surface area contributed by atoms with E-state index in [2.05, 4.69) is 15.9 Å². The first-order chi connectivity index (χ1) is 6.02. The number of alkyl halides is 1. The van der Waals surface area contributed by atoms with E-state index in [9.17, 15) is 4.79 Å². The molecule has 1 rings (SSSR count). The second-order valence-corrected chi connectivity index (χ2v) is 3.84. The Balaban J connectivity index is 3.12. The minimum atomic E-state index is -0.599. The lowest BCUT2D eigenvalue weighted by Gasteiger charge is -2.08. The predicted octanol–water partition coefficient (Wildman–Crippen LogP) is 2.05. The van der Waals surface area contributed by atoms with Crippen molar-refractivity contribution in [1.82, 2.24) is 0 Å². The van der Waals surface area contributed by atoms with Gasteiger partial charge in [-0.1, -0.05) is 15.9 Å². The normalized spacial score (nSPS) is 12.5. The molecule has 13 heavy (non-hydrogen) atoms. The van der Waals surface area contributed by atoms with Crippen molar-refractivity contribution in [3.05, 3.63) is 23.8 Å². The summed E-state index contributed by atoms with van der Waals surface area (Å²) in [7, 11) is 0. The quantitative estimate of drug-likeness (QED) is 0.487. The van der Waals surface area contributed by atoms with Crippen LogP contribution in [0.5, 0.6) is 0 Å². The van der Waals surface area contributed by atoms with Gasteiger partial charge in [-0.25, -0.2) is 0 Å². The van der Waals surface area contributed by atoms with Crippen LogP contribution in [0.1, 0.15) is 10.4 Å². The lowest BCUT2D eigenvalue weighted by molar-refractivity contribution is -0.111. The molecule has 0 bridgehead atoms. The highest BCUT2D eigenvalue weighted by molar-refractivity contribution is 9.09. The average Bonchev–Trinajstić information content (AvgIpc) is 2.08. The van der Waals surface area contributed by atoms with Gasteiger partial charge in [-0.3, -0.25) is 4.79 Å². The van der Waals surface area contributed by atoms with Crippen molar-refractivity contribution in [3.8, 4) is 0 Å². The third kappa shape index (κ3) is 2.35. The van der Waals surface area contributed by atoms with Crippen molar-refractivity contribution in [3.63, 3.8) is 0 Å². The first-order valence-corrected chi connectivity index (χ1v) is 4.80. The largest absolute Gasteiger partial charge is 0.399 e. The molecular weight excluding hydrogens is 255 g/mol. The first-order valence-electron chi connectivity index (χ1n) is 3.50. The van der Waals surface area contributed by atoms with Gasteiger partial charge < -0.3 is 11.5 Å². The number of benzene rings is 1. The SMILES string of the molecule is Nc1ccc(N)c(C(Br)C(=O)Cl)c1. The maximum Gasteiger partial charge on any atom is 0.239 e. The molecule has 0 spiro atoms. The molecule has 0 aliphatic carbocycles. The van der Waals surface area contributed by atoms with Crippen molar-refractivity contribution in [2.24, 2.45) is 0 Å². The van der Waals surface area contributed by atoms with Crippen molar-refractivity contribution in [1.29, 1.82) is 0 Å². The minimum absolute atomic E-state index is 0.491. The van der Waals surface area contributed by atoms with Crippen LogP contribution in [0.4, 0.5) is 11.4 Å². The Kier molecular flexibility index (Phi) is 3.17. The van der Waals surface area contributed by atoms with E-state index in [0.717, 1.165) is 0 Å². The molecule has 0 amide bonds. The lowest BCUT2D eigenvalue weighted by Crippen LogP contribution is -2.03. The van der Waals surface area contributed by atoms with Crippen molar-refractivity contribution < 1.29 is 4.79 Å². The summed E-state index contributed by atoms with van der Waals surface area (Å²) in [5.41, 5.74) is 12.8. The predicted molar refractivity (Wildman–Crippen MR) is 57.8 cm³/mol. The van der Waals surface area contributed by atoms with Crippen LogP contribution in [0, 0.1) is 0 Å². The fourth-order valence-electron chi connectivity index (χ4n) is 0.935. The van der Waals surface area contributed by atoms with E-state index in [-0.39, 0.29) is 0 Å². The van der Waals surface area contributed by atoms with Gasteiger partial charge in [0.05, 0.1) is 0 Å². The molecule has 0 aliphatic rings. The summed E-state index contributed by atoms with van der Waals surface area (Å²) in [6.45, 7) is 0. The second kappa shape index (κ2) is 3.98. The maximum atomic E-state index is 10.8. The fourth-order valence-corrected chi connectivity index (χ4v) is 1.45. The van der Waals surface area contributed by atoms with Crippen LogP contribution < -0.4 is 11.5 Å². The van der Waals surface area contributed by atoms with Crippen LogP contribution in [0.15, 0.2) is 18.2 Å². The van der Waals surface area contributed by atoms with Gasteiger partial charge in [0, 0.05) is 11.4 Å². The van der Waals surface area contributed by atoms with E-state index in [1.54, 1.807) is 18.2 Å². The Morgan fingerprint density at radius 1 is 1.46 bits per heavy atom. The minimum Gasteiger partial charge on any atom is -0.399 e. The van der Waals surface area contributed by atoms with E-state index in [0.29, 0.717) is 16.9 Å². The van der Waals surface area contributed by atoms with Crippen molar-refractivity contribution >= 4 is 44.1 Å². The number of carbonyl (C=O) groups excluding carboxylic acids is 1. The number of carbonyl (C=O) groups is 1. The van der Waals surface area contributed by atoms with Crippen LogP contribution >= 0.6 is 27.5 Å². The molecule has 0 aliphatic heterocycles. The van der Waals surface area contributed by atoms with Gasteiger partial charge >= 0.3 is 0 Å². The Bertz CT molecular complexity index is 343. The molecule has 3 nitrogen and oxygen atoms in total. The van der Waals surface area contributed by atoms with Gasteiger partial charge in [-0.15, -0.1) is 0 Å². The summed E-state index contributed by atoms with van der Waals surface area (Å²) >= 11 is 8.42. The zero-order valence-electron chi connectivity index (χ0n) is 6.63. The Hall–Kier alpha value is -0.740. The summed E-state index contributed by atoms with van der Waals surface area (Å²) in [6.07, 6.45) is 0. The average molecular weight is 264 g/mol. The smallest absolute Gasteiger partial charge is 0.239 e. The number of rotatable bonds is 2. The fraction of sp³-hybridized carbons (Fsp3) is 0.125. The van der Waals surface area contributed by atoms with Gasteiger partial charge in [0.2, 0.25) is 5.24 Å². The summed E-state index contributed by atoms with van der Waals surface area (Å²) in [5.74, 6) is 0. The highest BCUT2D eigenvalue weighted by Gasteiger charge is 2.17. The Labute approximate surface area is 89.2 Å². The second-order valence-electron chi connectivity index (χ2n) is 2.56. The topological polar surface area (TPSA) is 69.1 Å². The third-order valence-corrected chi connectivity index (χ3v) is 2.97. The molecule has 4 N–H and O–H groups in total. The summed E-state index contributed by atoms with van der Waals surface area (Å²) < 4.78 is 0. The molecule has 70 valence electrons. The van der Waals surface area contributed by atoms with E-state index in [1.165, 1.54) is 0 Å². The van der Waals surface area contributed by atoms with Crippen molar-refractivity contribution in [2.75, 3.05) is 11.5 Å². The zero-order valence-corrected chi connectivity index (χ0v) is 8.97. The molecular formula is C8H8BrClN2O. The van der Waals surface area contributed by atoms with Crippen molar-refractivity contribution in [2.45, 2.75) is 4.83 Å². The zero-order chi connectivity index (χ0) is 10.0. The third-order valence-electron chi connectivity index (χ3n) is 1.58. The summed E-state index contributed by atoms with van der Waals surface area (Å²) in [5, 5.41) is -0.516. The highest BCUT2D eigenvalue weighted by Crippen LogP contribution is 2.31. The molecule has 1 unspecified atom stereocenters. The Morgan fingerprint density at radius 3 is 2.62 bits per heavy atom. The van der Waals surface area contributed by atoms with Gasteiger partial charge in [0.1, 0.15) is 4.83 Å². The van der Waals surface area contributed by atoms with E-state index >= 15 is 0 Å². The lowest BCUT2D eigenvalue weighted by atomic mass is 10.1. The van der Waals surface area contributed by atoms with E-state index < -0.39 is 10.1 Å². The van der Waals surface area contributed by atoms with E-state index in [4.69, 9.17) is 23.1 Å². The standard InChI is InChI=1S/C8H8BrClN2O/c9-7(8(10)13)5-3-4(11)1-2-6(5)12/h1-3,7H,11-12H2. The van der Waals surface area contributed by atoms with Crippen LogP contribution in [-0.4, -0.2) is 5.24 Å². The van der Waals surface area contributed by atoms with Gasteiger partial charge in [0.25, 0.3) is 0 Å². The molecule has 0 fully saturated rings. The molecule has 0 heterocycles. The molecule has 1 aromatic carbocycles. The highest BCUT2D eigenvalue weighted by atomic mass is 79.9. The van der Waals surface area contributed by atoms with Gasteiger partial charge in [-0.2, -0.15) is 0 Å². The number of hydrogen-bond acceptors (Lipinski definition) is 3. The number of nitrogen functional groups attached to an aromatic ring is 2. The van der Waals surface area contributed by atoms with Gasteiger partial charge in [0.15, 0.2) is 0 Å². The van der Waals surface area contributed by atoms with Crippen LogP contribution in [0.2, 0.25) is 0 Å². The van der Waals surface area contributed by atoms with Gasteiger partial charge in [-0.05, 0) is 35.4 Å². The molecule has 0 radical (unpaired) electrons. The number of anilines is 2. The van der Waals surface area contributed by atoms with Crippen LogP contribution in [-0.2, 0) is 4.79 Å². The van der Waals surface area contributed by atoms with E-state index in [1.807, 2.05) is 0 Å². The molecule has 1 atom stereocenters. The molecule has 1 aromatic rings. The molecule has 0 aromatic heterocycles. The first kappa shape index (κ1) is 10.3. The Morgan fingerprint density at radius 2 is 2.08 bits per heavy atom. The molecule has 5 heteroatoms. The van der Waals surface area contributed by atoms with Crippen LogP contribution in [0.25, 0.3) is 0 Å².